The summed E-state index contributed by atoms with van der Waals surface area (Å²) in [6.45, 7) is 3.86. The van der Waals surface area contributed by atoms with Crippen LogP contribution in [-0.4, -0.2) is 24.0 Å². The Morgan fingerprint density at radius 3 is 2.71 bits per heavy atom. The molecule has 0 aliphatic carbocycles. The van der Waals surface area contributed by atoms with E-state index < -0.39 is 17.4 Å². The molecule has 0 saturated heterocycles. The van der Waals surface area contributed by atoms with Crippen LogP contribution in [0, 0.1) is 6.92 Å². The van der Waals surface area contributed by atoms with Crippen LogP contribution < -0.4 is 15.4 Å². The number of aryl methyl sites for hydroxylation is 1. The molecule has 0 saturated carbocycles. The summed E-state index contributed by atoms with van der Waals surface area (Å²) in [5.74, 6) is -0.402. The highest BCUT2D eigenvalue weighted by atomic mass is 16.5. The van der Waals surface area contributed by atoms with Crippen molar-refractivity contribution in [2.75, 3.05) is 11.9 Å². The van der Waals surface area contributed by atoms with E-state index in [9.17, 15) is 9.59 Å². The summed E-state index contributed by atoms with van der Waals surface area (Å²) in [4.78, 5) is 24.9. The Balaban J connectivity index is 1.67. The molecule has 3 rings (SSSR count). The number of carbonyl (C=O) groups excluding carboxylic acids is 2. The van der Waals surface area contributed by atoms with E-state index in [1.165, 1.54) is 6.92 Å². The Labute approximate surface area is 141 Å². The summed E-state index contributed by atoms with van der Waals surface area (Å²) in [6, 6.07) is 15.3. The van der Waals surface area contributed by atoms with Crippen LogP contribution in [0.4, 0.5) is 5.69 Å². The number of hydrogen-bond donors (Lipinski definition) is 2. The second-order valence-corrected chi connectivity index (χ2v) is 6.08. The molecule has 1 atom stereocenters. The summed E-state index contributed by atoms with van der Waals surface area (Å²) < 4.78 is 5.73. The molecule has 2 aromatic rings. The third-order valence-electron chi connectivity index (χ3n) is 4.11. The minimum atomic E-state index is -1.57. The van der Waals surface area contributed by atoms with Gasteiger partial charge in [-0.2, -0.15) is 0 Å². The van der Waals surface area contributed by atoms with E-state index in [2.05, 4.69) is 10.6 Å². The zero-order valence-corrected chi connectivity index (χ0v) is 13.8. The van der Waals surface area contributed by atoms with Crippen LogP contribution in [0.1, 0.15) is 18.1 Å². The molecule has 0 radical (unpaired) electrons. The maximum absolute atomic E-state index is 12.5. The molecular formula is C19H20N2O3. The quantitative estimate of drug-likeness (QED) is 0.849. The van der Waals surface area contributed by atoms with E-state index in [1.807, 2.05) is 49.4 Å². The van der Waals surface area contributed by atoms with E-state index in [-0.39, 0.29) is 0 Å². The molecule has 0 fully saturated rings. The van der Waals surface area contributed by atoms with Crippen molar-refractivity contribution in [2.45, 2.75) is 25.9 Å². The van der Waals surface area contributed by atoms with Gasteiger partial charge in [-0.15, -0.1) is 0 Å². The largest absolute Gasteiger partial charge is 0.466 e. The first kappa shape index (κ1) is 16.1. The van der Waals surface area contributed by atoms with Crippen molar-refractivity contribution in [2.24, 2.45) is 0 Å². The van der Waals surface area contributed by atoms with Crippen molar-refractivity contribution in [1.29, 1.82) is 0 Å². The van der Waals surface area contributed by atoms with Crippen LogP contribution in [0.2, 0.25) is 0 Å². The van der Waals surface area contributed by atoms with E-state index >= 15 is 0 Å². The summed E-state index contributed by atoms with van der Waals surface area (Å²) in [5.41, 5.74) is 1.15. The number of anilines is 1. The lowest BCUT2D eigenvalue weighted by Gasteiger charge is -2.33. The first-order valence-electron chi connectivity index (χ1n) is 7.92. The first-order valence-corrected chi connectivity index (χ1v) is 7.92. The Morgan fingerprint density at radius 2 is 1.96 bits per heavy atom. The highest BCUT2D eigenvalue weighted by molar-refractivity contribution is 6.15. The van der Waals surface area contributed by atoms with E-state index in [4.69, 9.17) is 4.74 Å². The van der Waals surface area contributed by atoms with E-state index in [0.29, 0.717) is 24.4 Å². The van der Waals surface area contributed by atoms with Crippen LogP contribution in [-0.2, 0) is 16.0 Å². The lowest BCUT2D eigenvalue weighted by molar-refractivity contribution is -0.146. The maximum Gasteiger partial charge on any atom is 0.278 e. The topological polar surface area (TPSA) is 67.4 Å². The number of fused-ring (bicyclic) bond motifs is 1. The molecule has 2 N–H and O–H groups in total. The average molecular weight is 324 g/mol. The van der Waals surface area contributed by atoms with Gasteiger partial charge in [-0.1, -0.05) is 36.4 Å². The average Bonchev–Trinajstić information content (AvgIpc) is 2.57. The number of nitrogens with one attached hydrogen (secondary N) is 2. The smallest absolute Gasteiger partial charge is 0.278 e. The molecule has 2 amide bonds. The fourth-order valence-electron chi connectivity index (χ4n) is 2.62. The molecule has 0 aromatic heterocycles. The standard InChI is InChI=1S/C19H20N2O3/c1-13-8-9-16-15(12-13)21-18(23)19(2,24-16)17(22)20-11-10-14-6-4-3-5-7-14/h3-9,12H,10-11H2,1-2H3,(H,20,22)(H,21,23)/t19-/m1/s1. The van der Waals surface area contributed by atoms with Gasteiger partial charge in [-0.05, 0) is 43.5 Å². The van der Waals surface area contributed by atoms with E-state index in [0.717, 1.165) is 11.1 Å². The van der Waals surface area contributed by atoms with Crippen LogP contribution in [0.25, 0.3) is 0 Å². The minimum absolute atomic E-state index is 0.440. The third kappa shape index (κ3) is 3.11. The summed E-state index contributed by atoms with van der Waals surface area (Å²) in [6.07, 6.45) is 0.695. The highest BCUT2D eigenvalue weighted by Gasteiger charge is 2.47. The summed E-state index contributed by atoms with van der Waals surface area (Å²) in [5, 5.41) is 5.54. The van der Waals surface area contributed by atoms with Crippen molar-refractivity contribution in [1.82, 2.24) is 5.32 Å². The van der Waals surface area contributed by atoms with Gasteiger partial charge in [0.15, 0.2) is 0 Å². The fraction of sp³-hybridized carbons (Fsp3) is 0.263. The second-order valence-electron chi connectivity index (χ2n) is 6.08. The zero-order chi connectivity index (χ0) is 17.2. The van der Waals surface area contributed by atoms with Crippen molar-refractivity contribution < 1.29 is 14.3 Å². The predicted molar refractivity (Wildman–Crippen MR) is 92.0 cm³/mol. The molecule has 5 heteroatoms. The SMILES string of the molecule is Cc1ccc2c(c1)NC(=O)[C@@](C)(C(=O)NCCc1ccccc1)O2. The van der Waals surface area contributed by atoms with Crippen molar-refractivity contribution in [3.63, 3.8) is 0 Å². The van der Waals surface area contributed by atoms with Crippen molar-refractivity contribution in [3.8, 4) is 5.75 Å². The van der Waals surface area contributed by atoms with Gasteiger partial charge in [0.25, 0.3) is 17.4 Å². The summed E-state index contributed by atoms with van der Waals surface area (Å²) in [7, 11) is 0. The molecule has 0 bridgehead atoms. The van der Waals surface area contributed by atoms with E-state index in [1.54, 1.807) is 6.07 Å². The lowest BCUT2D eigenvalue weighted by Crippen LogP contribution is -2.58. The number of ether oxygens (including phenoxy) is 1. The van der Waals surface area contributed by atoms with Crippen molar-refractivity contribution >= 4 is 17.5 Å². The van der Waals surface area contributed by atoms with Gasteiger partial charge in [0.2, 0.25) is 0 Å². The molecule has 1 aliphatic rings. The van der Waals surface area contributed by atoms with Gasteiger partial charge < -0.3 is 15.4 Å². The van der Waals surface area contributed by atoms with Gasteiger partial charge in [0.1, 0.15) is 5.75 Å². The molecule has 2 aromatic carbocycles. The number of hydrogen-bond acceptors (Lipinski definition) is 3. The zero-order valence-electron chi connectivity index (χ0n) is 13.8. The number of benzene rings is 2. The molecule has 1 aliphatic heterocycles. The minimum Gasteiger partial charge on any atom is -0.466 e. The molecule has 0 spiro atoms. The van der Waals surface area contributed by atoms with Crippen LogP contribution in [0.15, 0.2) is 48.5 Å². The van der Waals surface area contributed by atoms with Crippen LogP contribution in [0.5, 0.6) is 5.75 Å². The Kier molecular flexibility index (Phi) is 4.25. The van der Waals surface area contributed by atoms with Gasteiger partial charge in [0.05, 0.1) is 5.69 Å². The molecule has 5 nitrogen and oxygen atoms in total. The Morgan fingerprint density at radius 1 is 1.21 bits per heavy atom. The Hall–Kier alpha value is -2.82. The lowest BCUT2D eigenvalue weighted by atomic mass is 10.0. The van der Waals surface area contributed by atoms with Gasteiger partial charge in [-0.25, -0.2) is 0 Å². The molecule has 0 unspecified atom stereocenters. The van der Waals surface area contributed by atoms with Crippen LogP contribution >= 0.6 is 0 Å². The molecular weight excluding hydrogens is 304 g/mol. The van der Waals surface area contributed by atoms with Gasteiger partial charge in [-0.3, -0.25) is 9.59 Å². The number of rotatable bonds is 4. The fourth-order valence-corrected chi connectivity index (χ4v) is 2.62. The highest BCUT2D eigenvalue weighted by Crippen LogP contribution is 2.34. The van der Waals surface area contributed by atoms with Gasteiger partial charge >= 0.3 is 0 Å². The first-order chi connectivity index (χ1) is 11.5. The number of carbonyl (C=O) groups is 2. The van der Waals surface area contributed by atoms with Crippen LogP contribution in [0.3, 0.4) is 0 Å². The predicted octanol–water partition coefficient (Wildman–Crippen LogP) is 2.44. The normalized spacial score (nSPS) is 19.0. The van der Waals surface area contributed by atoms with Crippen molar-refractivity contribution in [3.05, 3.63) is 59.7 Å². The van der Waals surface area contributed by atoms with Gasteiger partial charge in [0, 0.05) is 6.54 Å². The maximum atomic E-state index is 12.5. The monoisotopic (exact) mass is 324 g/mol. The Bertz CT molecular complexity index is 773. The molecule has 24 heavy (non-hydrogen) atoms. The molecule has 1 heterocycles. The summed E-state index contributed by atoms with van der Waals surface area (Å²) >= 11 is 0. The third-order valence-corrected chi connectivity index (χ3v) is 4.11. The number of amides is 2. The molecule has 124 valence electrons. The second kappa shape index (κ2) is 6.35.